The van der Waals surface area contributed by atoms with Crippen LogP contribution in [0.5, 0.6) is 0 Å². The van der Waals surface area contributed by atoms with Crippen LogP contribution in [0, 0.1) is 17.6 Å². The van der Waals surface area contributed by atoms with Crippen molar-refractivity contribution in [2.75, 3.05) is 45.9 Å². The fourth-order valence-corrected chi connectivity index (χ4v) is 3.75. The summed E-state index contributed by atoms with van der Waals surface area (Å²) in [5.41, 5.74) is 7.19. The molecule has 0 saturated carbocycles. The Morgan fingerprint density at radius 3 is 2.70 bits per heavy atom. The van der Waals surface area contributed by atoms with Crippen molar-refractivity contribution < 1.29 is 13.5 Å². The van der Waals surface area contributed by atoms with E-state index in [1.54, 1.807) is 0 Å². The van der Waals surface area contributed by atoms with Crippen LogP contribution in [0.2, 0.25) is 0 Å². The highest BCUT2D eigenvalue weighted by Gasteiger charge is 2.32. The van der Waals surface area contributed by atoms with E-state index in [1.165, 1.54) is 6.07 Å². The number of hydrogen-bond donors (Lipinski definition) is 1. The van der Waals surface area contributed by atoms with Gasteiger partial charge in [0.25, 0.3) is 0 Å². The second kappa shape index (κ2) is 7.21. The minimum atomic E-state index is -0.525. The second-order valence-corrected chi connectivity index (χ2v) is 6.65. The van der Waals surface area contributed by atoms with Crippen LogP contribution in [-0.2, 0) is 11.3 Å². The number of rotatable bonds is 5. The highest BCUT2D eigenvalue weighted by atomic mass is 19.1. The van der Waals surface area contributed by atoms with E-state index in [0.717, 1.165) is 45.5 Å². The molecule has 0 amide bonds. The molecule has 3 rings (SSSR count). The van der Waals surface area contributed by atoms with Gasteiger partial charge >= 0.3 is 0 Å². The number of halogens is 2. The first-order chi connectivity index (χ1) is 11.1. The number of morpholine rings is 1. The Morgan fingerprint density at radius 2 is 2.00 bits per heavy atom. The van der Waals surface area contributed by atoms with E-state index in [-0.39, 0.29) is 6.04 Å². The van der Waals surface area contributed by atoms with Crippen molar-refractivity contribution in [2.24, 2.45) is 11.7 Å². The summed E-state index contributed by atoms with van der Waals surface area (Å²) < 4.78 is 32.9. The van der Waals surface area contributed by atoms with Gasteiger partial charge in [0.05, 0.1) is 13.2 Å². The lowest BCUT2D eigenvalue weighted by Gasteiger charge is -2.32. The molecule has 2 unspecified atom stereocenters. The molecule has 23 heavy (non-hydrogen) atoms. The van der Waals surface area contributed by atoms with E-state index in [1.807, 2.05) is 0 Å². The van der Waals surface area contributed by atoms with Crippen LogP contribution >= 0.6 is 0 Å². The first-order valence-electron chi connectivity index (χ1n) is 8.30. The third-order valence-corrected chi connectivity index (χ3v) is 4.80. The van der Waals surface area contributed by atoms with Crippen LogP contribution < -0.4 is 5.73 Å². The lowest BCUT2D eigenvalue weighted by atomic mass is 10.0. The lowest BCUT2D eigenvalue weighted by molar-refractivity contribution is 0.0279. The predicted octanol–water partition coefficient (Wildman–Crippen LogP) is 1.75. The van der Waals surface area contributed by atoms with Crippen LogP contribution in [0.25, 0.3) is 0 Å². The quantitative estimate of drug-likeness (QED) is 0.895. The number of hydrogen-bond acceptors (Lipinski definition) is 4. The smallest absolute Gasteiger partial charge is 0.130 e. The molecule has 128 valence electrons. The number of nitrogens with zero attached hydrogens (tertiary/aromatic N) is 2. The summed E-state index contributed by atoms with van der Waals surface area (Å²) in [7, 11) is 0. The Balaban J connectivity index is 1.65. The maximum Gasteiger partial charge on any atom is 0.130 e. The molecule has 2 heterocycles. The van der Waals surface area contributed by atoms with E-state index in [4.69, 9.17) is 10.5 Å². The summed E-state index contributed by atoms with van der Waals surface area (Å²) in [5, 5.41) is 0. The van der Waals surface area contributed by atoms with Gasteiger partial charge in [-0.1, -0.05) is 6.92 Å². The van der Waals surface area contributed by atoms with Gasteiger partial charge in [0.2, 0.25) is 0 Å². The minimum Gasteiger partial charge on any atom is -0.379 e. The molecular weight excluding hydrogens is 300 g/mol. The summed E-state index contributed by atoms with van der Waals surface area (Å²) in [5.74, 6) is -0.547. The Hall–Kier alpha value is -1.08. The van der Waals surface area contributed by atoms with E-state index < -0.39 is 11.6 Å². The first-order valence-corrected chi connectivity index (χ1v) is 8.30. The van der Waals surface area contributed by atoms with Crippen molar-refractivity contribution in [1.29, 1.82) is 0 Å². The second-order valence-electron chi connectivity index (χ2n) is 6.65. The summed E-state index contributed by atoms with van der Waals surface area (Å²) in [6.07, 6.45) is 0. The molecule has 1 aromatic rings. The highest BCUT2D eigenvalue weighted by molar-refractivity contribution is 5.36. The molecule has 2 aliphatic heterocycles. The SMILES string of the molecule is CC(CN1CCOCC1)CN1Cc2c(F)cc(F)cc2C1CN. The molecule has 0 aromatic heterocycles. The number of ether oxygens (including phenoxy) is 1. The molecule has 2 atom stereocenters. The van der Waals surface area contributed by atoms with Crippen molar-refractivity contribution in [1.82, 2.24) is 9.80 Å². The van der Waals surface area contributed by atoms with Gasteiger partial charge < -0.3 is 10.5 Å². The molecule has 1 saturated heterocycles. The predicted molar refractivity (Wildman–Crippen MR) is 85.0 cm³/mol. The van der Waals surface area contributed by atoms with Gasteiger partial charge in [-0.3, -0.25) is 9.80 Å². The molecule has 1 aromatic carbocycles. The molecule has 4 nitrogen and oxygen atoms in total. The molecule has 0 radical (unpaired) electrons. The minimum absolute atomic E-state index is 0.0951. The van der Waals surface area contributed by atoms with Crippen molar-refractivity contribution in [3.8, 4) is 0 Å². The van der Waals surface area contributed by atoms with Gasteiger partial charge in [0.15, 0.2) is 0 Å². The maximum atomic E-state index is 14.0. The van der Waals surface area contributed by atoms with Crippen molar-refractivity contribution in [2.45, 2.75) is 19.5 Å². The van der Waals surface area contributed by atoms with Gasteiger partial charge in [-0.2, -0.15) is 0 Å². The molecule has 0 bridgehead atoms. The largest absolute Gasteiger partial charge is 0.379 e. The Bertz CT molecular complexity index is 549. The number of nitrogens with two attached hydrogens (primary N) is 1. The lowest BCUT2D eigenvalue weighted by Crippen LogP contribution is -2.41. The Kier molecular flexibility index (Phi) is 5.26. The van der Waals surface area contributed by atoms with Crippen molar-refractivity contribution in [3.63, 3.8) is 0 Å². The van der Waals surface area contributed by atoms with Crippen molar-refractivity contribution >= 4 is 0 Å². The summed E-state index contributed by atoms with van der Waals surface area (Å²) in [6, 6.07) is 2.30. The molecule has 0 aliphatic carbocycles. The van der Waals surface area contributed by atoms with Gasteiger partial charge in [-0.15, -0.1) is 0 Å². The average Bonchev–Trinajstić information content (AvgIpc) is 2.85. The zero-order valence-corrected chi connectivity index (χ0v) is 13.6. The normalized spacial score (nSPS) is 23.9. The van der Waals surface area contributed by atoms with Crippen LogP contribution in [0.4, 0.5) is 8.78 Å². The van der Waals surface area contributed by atoms with Crippen molar-refractivity contribution in [3.05, 3.63) is 34.9 Å². The standard InChI is InChI=1S/C17H25F2N3O/c1-12(9-21-2-4-23-5-3-21)10-22-11-15-14(17(22)8-20)6-13(18)7-16(15)19/h6-7,12,17H,2-5,8-11,20H2,1H3. The zero-order chi connectivity index (χ0) is 16.4. The van der Waals surface area contributed by atoms with Gasteiger partial charge in [-0.25, -0.2) is 8.78 Å². The molecule has 1 fully saturated rings. The monoisotopic (exact) mass is 325 g/mol. The Labute approximate surface area is 136 Å². The van der Waals surface area contributed by atoms with Crippen LogP contribution in [0.3, 0.4) is 0 Å². The Morgan fingerprint density at radius 1 is 1.26 bits per heavy atom. The molecule has 2 N–H and O–H groups in total. The van der Waals surface area contributed by atoms with E-state index in [9.17, 15) is 8.78 Å². The fraction of sp³-hybridized carbons (Fsp3) is 0.647. The summed E-state index contributed by atoms with van der Waals surface area (Å²) in [4.78, 5) is 4.58. The van der Waals surface area contributed by atoms with Crippen LogP contribution in [0.15, 0.2) is 12.1 Å². The number of fused-ring (bicyclic) bond motifs is 1. The third kappa shape index (κ3) is 3.71. The molecular formula is C17H25F2N3O. The highest BCUT2D eigenvalue weighted by Crippen LogP contribution is 2.35. The summed E-state index contributed by atoms with van der Waals surface area (Å²) in [6.45, 7) is 8.41. The topological polar surface area (TPSA) is 41.7 Å². The van der Waals surface area contributed by atoms with Gasteiger partial charge in [0.1, 0.15) is 11.6 Å². The summed E-state index contributed by atoms with van der Waals surface area (Å²) >= 11 is 0. The van der Waals surface area contributed by atoms with E-state index >= 15 is 0 Å². The van der Waals surface area contributed by atoms with Crippen LogP contribution in [-0.4, -0.2) is 55.7 Å². The van der Waals surface area contributed by atoms with Gasteiger partial charge in [0, 0.05) is 56.9 Å². The molecule has 2 aliphatic rings. The first kappa shape index (κ1) is 16.8. The third-order valence-electron chi connectivity index (χ3n) is 4.80. The number of benzene rings is 1. The van der Waals surface area contributed by atoms with E-state index in [0.29, 0.717) is 30.1 Å². The maximum absolute atomic E-state index is 14.0. The molecule has 0 spiro atoms. The fourth-order valence-electron chi connectivity index (χ4n) is 3.75. The zero-order valence-electron chi connectivity index (χ0n) is 13.6. The van der Waals surface area contributed by atoms with E-state index in [2.05, 4.69) is 16.7 Å². The molecule has 6 heteroatoms. The van der Waals surface area contributed by atoms with Gasteiger partial charge in [-0.05, 0) is 17.5 Å². The van der Waals surface area contributed by atoms with Crippen LogP contribution in [0.1, 0.15) is 24.1 Å². The average molecular weight is 325 g/mol.